The molecule has 0 spiro atoms. The van der Waals surface area contributed by atoms with Gasteiger partial charge < -0.3 is 14.2 Å². The molecule has 1 aromatic rings. The molecule has 1 heterocycles. The van der Waals surface area contributed by atoms with Crippen LogP contribution in [0.3, 0.4) is 0 Å². The van der Waals surface area contributed by atoms with Crippen molar-refractivity contribution in [2.45, 2.75) is 13.3 Å². The average Bonchev–Trinajstić information content (AvgIpc) is 2.24. The Bertz CT molecular complexity index is 459. The Labute approximate surface area is 100 Å². The highest BCUT2D eigenvalue weighted by Crippen LogP contribution is 2.28. The van der Waals surface area contributed by atoms with Gasteiger partial charge in [-0.05, 0) is 12.5 Å². The lowest BCUT2D eigenvalue weighted by Gasteiger charge is -2.12. The number of rotatable bonds is 3. The number of aromatic nitrogens is 1. The second kappa shape index (κ2) is 5.11. The number of pyridine rings is 1. The van der Waals surface area contributed by atoms with E-state index in [0.29, 0.717) is 0 Å². The molecule has 1 aromatic heterocycles. The van der Waals surface area contributed by atoms with Crippen molar-refractivity contribution in [2.75, 3.05) is 14.2 Å². The van der Waals surface area contributed by atoms with Crippen molar-refractivity contribution < 1.29 is 32.2 Å². The molecular formula is C10H10F3NO4. The molecule has 0 aliphatic heterocycles. The van der Waals surface area contributed by atoms with Crippen LogP contribution in [0.15, 0.2) is 6.07 Å². The predicted octanol–water partition coefficient (Wildman–Crippen LogP) is 2.08. The number of esters is 1. The number of hydrogen-bond acceptors (Lipinski definition) is 5. The topological polar surface area (TPSA) is 57.7 Å². The van der Waals surface area contributed by atoms with Crippen LogP contribution < -0.4 is 9.47 Å². The van der Waals surface area contributed by atoms with Crippen LogP contribution >= 0.6 is 0 Å². The molecule has 0 aromatic carbocycles. The van der Waals surface area contributed by atoms with Gasteiger partial charge in [-0.1, -0.05) is 0 Å². The van der Waals surface area contributed by atoms with E-state index in [0.717, 1.165) is 13.2 Å². The third-order valence-corrected chi connectivity index (χ3v) is 1.96. The molecule has 0 aliphatic carbocycles. The first-order valence-electron chi connectivity index (χ1n) is 4.68. The molecule has 0 bridgehead atoms. The molecule has 0 saturated carbocycles. The Morgan fingerprint density at radius 1 is 1.33 bits per heavy atom. The number of methoxy groups -OCH3 is 2. The van der Waals surface area contributed by atoms with Gasteiger partial charge in [0, 0.05) is 6.07 Å². The lowest BCUT2D eigenvalue weighted by Crippen LogP contribution is -2.19. The molecule has 0 unspecified atom stereocenters. The quantitative estimate of drug-likeness (QED) is 0.783. The SMILES string of the molecule is COC(=O)c1c(C)cc(OC(F)(F)F)nc1OC. The maximum Gasteiger partial charge on any atom is 0.574 e. The molecule has 0 fully saturated rings. The van der Waals surface area contributed by atoms with E-state index in [9.17, 15) is 18.0 Å². The Morgan fingerprint density at radius 2 is 1.94 bits per heavy atom. The molecule has 0 atom stereocenters. The average molecular weight is 265 g/mol. The summed E-state index contributed by atoms with van der Waals surface area (Å²) in [5.74, 6) is -1.75. The van der Waals surface area contributed by atoms with E-state index >= 15 is 0 Å². The maximum atomic E-state index is 12.0. The van der Waals surface area contributed by atoms with Crippen LogP contribution in [0.25, 0.3) is 0 Å². The second-order valence-electron chi connectivity index (χ2n) is 3.20. The lowest BCUT2D eigenvalue weighted by atomic mass is 10.1. The first kappa shape index (κ1) is 14.1. The number of carbonyl (C=O) groups excluding carboxylic acids is 1. The van der Waals surface area contributed by atoms with Gasteiger partial charge in [0.25, 0.3) is 0 Å². The van der Waals surface area contributed by atoms with Crippen molar-refractivity contribution in [2.24, 2.45) is 0 Å². The standard InChI is InChI=1S/C10H10F3NO4/c1-5-4-6(18-10(11,12)13)14-8(16-2)7(5)9(15)17-3/h4H,1-3H3. The van der Waals surface area contributed by atoms with Gasteiger partial charge in [0.05, 0.1) is 14.2 Å². The number of halogens is 3. The van der Waals surface area contributed by atoms with Gasteiger partial charge >= 0.3 is 12.3 Å². The number of nitrogens with zero attached hydrogens (tertiary/aromatic N) is 1. The molecule has 1 rings (SSSR count). The summed E-state index contributed by atoms with van der Waals surface area (Å²) in [5.41, 5.74) is 0.155. The Morgan fingerprint density at radius 3 is 2.39 bits per heavy atom. The van der Waals surface area contributed by atoms with Gasteiger partial charge in [0.1, 0.15) is 5.56 Å². The van der Waals surface area contributed by atoms with Gasteiger partial charge in [0.2, 0.25) is 11.8 Å². The highest BCUT2D eigenvalue weighted by atomic mass is 19.4. The third kappa shape index (κ3) is 3.25. The zero-order chi connectivity index (χ0) is 13.9. The fourth-order valence-electron chi connectivity index (χ4n) is 1.28. The fraction of sp³-hybridized carbons (Fsp3) is 0.400. The zero-order valence-electron chi connectivity index (χ0n) is 9.79. The minimum Gasteiger partial charge on any atom is -0.480 e. The van der Waals surface area contributed by atoms with E-state index in [-0.39, 0.29) is 17.0 Å². The second-order valence-corrected chi connectivity index (χ2v) is 3.20. The van der Waals surface area contributed by atoms with Gasteiger partial charge in [-0.3, -0.25) is 0 Å². The Kier molecular flexibility index (Phi) is 4.00. The van der Waals surface area contributed by atoms with E-state index in [4.69, 9.17) is 4.74 Å². The first-order chi connectivity index (χ1) is 8.28. The summed E-state index contributed by atoms with van der Waals surface area (Å²) in [7, 11) is 2.31. The predicted molar refractivity (Wildman–Crippen MR) is 53.5 cm³/mol. The van der Waals surface area contributed by atoms with Crippen LogP contribution in [0.2, 0.25) is 0 Å². The van der Waals surface area contributed by atoms with Crippen LogP contribution in [-0.4, -0.2) is 31.5 Å². The van der Waals surface area contributed by atoms with Gasteiger partial charge in [-0.25, -0.2) is 4.79 Å². The third-order valence-electron chi connectivity index (χ3n) is 1.96. The highest BCUT2D eigenvalue weighted by Gasteiger charge is 2.33. The molecule has 8 heteroatoms. The summed E-state index contributed by atoms with van der Waals surface area (Å²) in [5, 5.41) is 0. The van der Waals surface area contributed by atoms with Crippen molar-refractivity contribution in [3.63, 3.8) is 0 Å². The highest BCUT2D eigenvalue weighted by molar-refractivity contribution is 5.93. The van der Waals surface area contributed by atoms with E-state index in [1.165, 1.54) is 14.0 Å². The molecule has 100 valence electrons. The van der Waals surface area contributed by atoms with Gasteiger partial charge in [-0.15, -0.1) is 13.2 Å². The molecule has 0 saturated heterocycles. The number of alkyl halides is 3. The van der Waals surface area contributed by atoms with Crippen LogP contribution in [-0.2, 0) is 4.74 Å². The molecule has 0 amide bonds. The lowest BCUT2D eigenvalue weighted by molar-refractivity contribution is -0.276. The fourth-order valence-corrected chi connectivity index (χ4v) is 1.28. The van der Waals surface area contributed by atoms with Crippen LogP contribution in [0.5, 0.6) is 11.8 Å². The molecule has 18 heavy (non-hydrogen) atoms. The van der Waals surface area contributed by atoms with Crippen molar-refractivity contribution in [3.05, 3.63) is 17.2 Å². The Hall–Kier alpha value is -1.99. The summed E-state index contributed by atoms with van der Waals surface area (Å²) in [6, 6.07) is 0.974. The van der Waals surface area contributed by atoms with Crippen molar-refractivity contribution >= 4 is 5.97 Å². The largest absolute Gasteiger partial charge is 0.574 e. The molecule has 0 N–H and O–H groups in total. The normalized spacial score (nSPS) is 11.0. The van der Waals surface area contributed by atoms with E-state index in [2.05, 4.69) is 14.5 Å². The van der Waals surface area contributed by atoms with E-state index in [1.54, 1.807) is 0 Å². The monoisotopic (exact) mass is 265 g/mol. The smallest absolute Gasteiger partial charge is 0.480 e. The zero-order valence-corrected chi connectivity index (χ0v) is 9.79. The van der Waals surface area contributed by atoms with Crippen molar-refractivity contribution in [3.8, 4) is 11.8 Å². The van der Waals surface area contributed by atoms with Crippen LogP contribution in [0, 0.1) is 6.92 Å². The minimum atomic E-state index is -4.86. The van der Waals surface area contributed by atoms with E-state index in [1.807, 2.05) is 0 Å². The maximum absolute atomic E-state index is 12.0. The molecule has 0 aliphatic rings. The molecular weight excluding hydrogens is 255 g/mol. The Balaban J connectivity index is 3.23. The summed E-state index contributed by atoms with van der Waals surface area (Å²) in [6.07, 6.45) is -4.86. The number of aryl methyl sites for hydroxylation is 1. The number of hydrogen-bond donors (Lipinski definition) is 0. The number of carbonyl (C=O) groups is 1. The van der Waals surface area contributed by atoms with Crippen LogP contribution in [0.1, 0.15) is 15.9 Å². The first-order valence-corrected chi connectivity index (χ1v) is 4.68. The minimum absolute atomic E-state index is 0.0467. The summed E-state index contributed by atoms with van der Waals surface area (Å²) < 4.78 is 49.0. The molecule has 0 radical (unpaired) electrons. The van der Waals surface area contributed by atoms with Crippen molar-refractivity contribution in [1.82, 2.24) is 4.98 Å². The van der Waals surface area contributed by atoms with Gasteiger partial charge in [-0.2, -0.15) is 4.98 Å². The summed E-state index contributed by atoms with van der Waals surface area (Å²) in [4.78, 5) is 14.8. The summed E-state index contributed by atoms with van der Waals surface area (Å²) >= 11 is 0. The molecule has 5 nitrogen and oxygen atoms in total. The van der Waals surface area contributed by atoms with Crippen molar-refractivity contribution in [1.29, 1.82) is 0 Å². The van der Waals surface area contributed by atoms with Gasteiger partial charge in [0.15, 0.2) is 0 Å². The summed E-state index contributed by atoms with van der Waals surface area (Å²) in [6.45, 7) is 1.42. The number of ether oxygens (including phenoxy) is 3. The van der Waals surface area contributed by atoms with E-state index < -0.39 is 18.2 Å². The van der Waals surface area contributed by atoms with Crippen LogP contribution in [0.4, 0.5) is 13.2 Å².